The summed E-state index contributed by atoms with van der Waals surface area (Å²) in [7, 11) is 3.00. The van der Waals surface area contributed by atoms with Gasteiger partial charge in [0.25, 0.3) is 0 Å². The van der Waals surface area contributed by atoms with Gasteiger partial charge in [0.1, 0.15) is 5.76 Å². The standard InChI is InChI=1S/C14H24N2O3.C2H6.CH3Br/c1-10(2)16(11(3)4)9-12-7-8-13(19-12)14(17)15(5)18-6;2*1-2/h7-8,10-11H,9H2,1-6H3;1-2H3;1H3. The maximum absolute atomic E-state index is 11.8. The zero-order valence-corrected chi connectivity index (χ0v) is 17.6. The van der Waals surface area contributed by atoms with Gasteiger partial charge in [0.2, 0.25) is 0 Å². The Labute approximate surface area is 150 Å². The second-order valence-electron chi connectivity index (χ2n) is 5.11. The summed E-state index contributed by atoms with van der Waals surface area (Å²) in [6, 6.07) is 4.37. The molecule has 0 radical (unpaired) electrons. The van der Waals surface area contributed by atoms with E-state index in [1.165, 1.54) is 7.11 Å². The van der Waals surface area contributed by atoms with Gasteiger partial charge in [-0.05, 0) is 45.7 Å². The number of carbonyl (C=O) groups excluding carboxylic acids is 1. The Kier molecular flexibility index (Phi) is 14.4. The Morgan fingerprint density at radius 2 is 1.65 bits per heavy atom. The largest absolute Gasteiger partial charge is 0.454 e. The van der Waals surface area contributed by atoms with Gasteiger partial charge in [0.05, 0.1) is 13.7 Å². The van der Waals surface area contributed by atoms with Gasteiger partial charge in [-0.15, -0.1) is 0 Å². The highest BCUT2D eigenvalue weighted by Gasteiger charge is 2.19. The van der Waals surface area contributed by atoms with Crippen molar-refractivity contribution in [3.05, 3.63) is 23.7 Å². The topological polar surface area (TPSA) is 45.9 Å². The monoisotopic (exact) mass is 392 g/mol. The maximum atomic E-state index is 11.8. The van der Waals surface area contributed by atoms with Crippen LogP contribution in [0.1, 0.15) is 57.9 Å². The second-order valence-corrected chi connectivity index (χ2v) is 5.11. The first kappa shape index (κ1) is 24.4. The summed E-state index contributed by atoms with van der Waals surface area (Å²) in [5.74, 6) is 2.61. The van der Waals surface area contributed by atoms with Crippen molar-refractivity contribution in [3.63, 3.8) is 0 Å². The van der Waals surface area contributed by atoms with Crippen LogP contribution in [0.2, 0.25) is 0 Å². The van der Waals surface area contributed by atoms with Crippen LogP contribution in [0.15, 0.2) is 16.5 Å². The number of alkyl halides is 1. The molecule has 5 nitrogen and oxygen atoms in total. The molecule has 0 bridgehead atoms. The van der Waals surface area contributed by atoms with E-state index in [4.69, 9.17) is 9.25 Å². The van der Waals surface area contributed by atoms with Crippen molar-refractivity contribution in [2.45, 2.75) is 60.2 Å². The van der Waals surface area contributed by atoms with Gasteiger partial charge in [-0.25, -0.2) is 5.06 Å². The first-order chi connectivity index (χ1) is 10.9. The van der Waals surface area contributed by atoms with Gasteiger partial charge < -0.3 is 4.42 Å². The van der Waals surface area contributed by atoms with E-state index >= 15 is 0 Å². The normalized spacial score (nSPS) is 10.1. The maximum Gasteiger partial charge on any atom is 0.312 e. The minimum absolute atomic E-state index is 0.283. The van der Waals surface area contributed by atoms with E-state index < -0.39 is 0 Å². The van der Waals surface area contributed by atoms with Crippen LogP contribution in [-0.4, -0.2) is 47.9 Å². The SMILES string of the molecule is CBr.CC.CON(C)C(=O)c1ccc(CN(C(C)C)C(C)C)o1. The van der Waals surface area contributed by atoms with E-state index in [-0.39, 0.29) is 5.91 Å². The minimum Gasteiger partial charge on any atom is -0.454 e. The molecule has 0 saturated heterocycles. The third kappa shape index (κ3) is 8.53. The molecule has 0 fully saturated rings. The molecule has 1 aromatic rings. The quantitative estimate of drug-likeness (QED) is 0.525. The lowest BCUT2D eigenvalue weighted by molar-refractivity contribution is -0.0774. The van der Waals surface area contributed by atoms with Crippen LogP contribution in [0.3, 0.4) is 0 Å². The van der Waals surface area contributed by atoms with Gasteiger partial charge in [0.15, 0.2) is 5.76 Å². The van der Waals surface area contributed by atoms with Gasteiger partial charge in [-0.1, -0.05) is 29.8 Å². The van der Waals surface area contributed by atoms with Crippen molar-refractivity contribution in [2.24, 2.45) is 0 Å². The van der Waals surface area contributed by atoms with Gasteiger partial charge >= 0.3 is 5.91 Å². The molecule has 1 aromatic heterocycles. The molecule has 23 heavy (non-hydrogen) atoms. The van der Waals surface area contributed by atoms with Gasteiger partial charge in [0, 0.05) is 19.1 Å². The van der Waals surface area contributed by atoms with Crippen molar-refractivity contribution in [1.82, 2.24) is 9.96 Å². The molecule has 0 unspecified atom stereocenters. The number of nitrogens with zero attached hydrogens (tertiary/aromatic N) is 2. The van der Waals surface area contributed by atoms with Crippen molar-refractivity contribution >= 4 is 21.8 Å². The first-order valence-corrected chi connectivity index (χ1v) is 9.49. The van der Waals surface area contributed by atoms with E-state index in [1.807, 2.05) is 25.7 Å². The average molecular weight is 393 g/mol. The lowest BCUT2D eigenvalue weighted by atomic mass is 10.2. The van der Waals surface area contributed by atoms with Crippen LogP contribution in [0.5, 0.6) is 0 Å². The Hall–Kier alpha value is -0.850. The molecule has 0 aromatic carbocycles. The second kappa shape index (κ2) is 13.6. The smallest absolute Gasteiger partial charge is 0.312 e. The highest BCUT2D eigenvalue weighted by atomic mass is 79.9. The van der Waals surface area contributed by atoms with Crippen LogP contribution >= 0.6 is 15.9 Å². The fraction of sp³-hybridized carbons (Fsp3) is 0.706. The summed E-state index contributed by atoms with van der Waals surface area (Å²) in [6.07, 6.45) is 0. The van der Waals surface area contributed by atoms with Crippen molar-refractivity contribution in [1.29, 1.82) is 0 Å². The zero-order valence-electron chi connectivity index (χ0n) is 16.0. The number of amides is 1. The average Bonchev–Trinajstić information content (AvgIpc) is 3.03. The molecule has 136 valence electrons. The van der Waals surface area contributed by atoms with E-state index in [2.05, 4.69) is 48.5 Å². The van der Waals surface area contributed by atoms with E-state index in [0.717, 1.165) is 10.8 Å². The summed E-state index contributed by atoms with van der Waals surface area (Å²) >= 11 is 2.94. The molecule has 6 heteroatoms. The van der Waals surface area contributed by atoms with Crippen LogP contribution in [-0.2, 0) is 11.4 Å². The first-order valence-electron chi connectivity index (χ1n) is 7.91. The van der Waals surface area contributed by atoms with Crippen LogP contribution in [0, 0.1) is 0 Å². The molecule has 0 saturated carbocycles. The summed E-state index contributed by atoms with van der Waals surface area (Å²) in [5, 5.41) is 1.14. The lowest BCUT2D eigenvalue weighted by Crippen LogP contribution is -2.36. The van der Waals surface area contributed by atoms with Crippen LogP contribution < -0.4 is 0 Å². The molecule has 0 spiro atoms. The molecule has 1 amide bonds. The number of hydrogen-bond donors (Lipinski definition) is 0. The van der Waals surface area contributed by atoms with Crippen molar-refractivity contribution in [3.8, 4) is 0 Å². The zero-order chi connectivity index (χ0) is 18.6. The highest BCUT2D eigenvalue weighted by molar-refractivity contribution is 9.08. The van der Waals surface area contributed by atoms with E-state index in [9.17, 15) is 4.79 Å². The van der Waals surface area contributed by atoms with Crippen molar-refractivity contribution in [2.75, 3.05) is 20.0 Å². The number of hydroxylamine groups is 2. The van der Waals surface area contributed by atoms with Crippen LogP contribution in [0.4, 0.5) is 0 Å². The molecular formula is C17H33BrN2O3. The highest BCUT2D eigenvalue weighted by Crippen LogP contribution is 2.16. The predicted octanol–water partition coefficient (Wildman–Crippen LogP) is 4.57. The predicted molar refractivity (Wildman–Crippen MR) is 99.8 cm³/mol. The molecule has 1 heterocycles. The van der Waals surface area contributed by atoms with Crippen molar-refractivity contribution < 1.29 is 14.0 Å². The summed E-state index contributed by atoms with van der Waals surface area (Å²) < 4.78 is 5.59. The molecule has 0 atom stereocenters. The molecule has 0 aliphatic carbocycles. The number of furan rings is 1. The molecular weight excluding hydrogens is 360 g/mol. The fourth-order valence-corrected chi connectivity index (χ4v) is 1.96. The third-order valence-electron chi connectivity index (χ3n) is 3.10. The Morgan fingerprint density at radius 3 is 2.04 bits per heavy atom. The Bertz CT molecular complexity index is 412. The number of halogens is 1. The Balaban J connectivity index is 0. The molecule has 1 rings (SSSR count). The lowest BCUT2D eigenvalue weighted by Gasteiger charge is -2.29. The van der Waals surface area contributed by atoms with Crippen LogP contribution in [0.25, 0.3) is 0 Å². The fourth-order valence-electron chi connectivity index (χ4n) is 1.96. The summed E-state index contributed by atoms with van der Waals surface area (Å²) in [6.45, 7) is 13.3. The number of hydrogen-bond acceptors (Lipinski definition) is 4. The third-order valence-corrected chi connectivity index (χ3v) is 3.10. The number of carbonyl (C=O) groups is 1. The molecule has 0 N–H and O–H groups in total. The van der Waals surface area contributed by atoms with Gasteiger partial charge in [-0.3, -0.25) is 14.5 Å². The van der Waals surface area contributed by atoms with E-state index in [0.29, 0.717) is 24.4 Å². The minimum atomic E-state index is -0.283. The summed E-state index contributed by atoms with van der Waals surface area (Å²) in [5.41, 5.74) is 0. The number of rotatable bonds is 6. The van der Waals surface area contributed by atoms with E-state index in [1.54, 1.807) is 13.1 Å². The summed E-state index contributed by atoms with van der Waals surface area (Å²) in [4.78, 5) is 19.0. The van der Waals surface area contributed by atoms with Gasteiger partial charge in [-0.2, -0.15) is 0 Å². The molecule has 0 aliphatic rings. The molecule has 0 aliphatic heterocycles. The Morgan fingerprint density at radius 1 is 1.17 bits per heavy atom.